The molecular weight excluding hydrogens is 453 g/mol. The zero-order chi connectivity index (χ0) is 20.6. The van der Waals surface area contributed by atoms with Crippen LogP contribution in [-0.4, -0.2) is 0 Å². The molecule has 0 bridgehead atoms. The minimum absolute atomic E-state index is 0.829. The number of halogens is 3. The van der Waals surface area contributed by atoms with Crippen molar-refractivity contribution in [2.45, 2.75) is 6.92 Å². The summed E-state index contributed by atoms with van der Waals surface area (Å²) < 4.78 is 9.19. The maximum atomic E-state index is 9.19. The molecule has 2 nitrogen and oxygen atoms in total. The Labute approximate surface area is 181 Å². The Morgan fingerprint density at radius 2 is 1.04 bits per heavy atom. The van der Waals surface area contributed by atoms with Crippen LogP contribution in [0.5, 0.6) is 0 Å². The molecule has 146 valence electrons. The van der Waals surface area contributed by atoms with Crippen molar-refractivity contribution in [3.8, 4) is 0 Å². The molecule has 3 rings (SSSR count). The molecule has 0 unspecified atom stereocenters. The van der Waals surface area contributed by atoms with Gasteiger partial charge in [-0.1, -0.05) is 88.7 Å². The molecule has 0 aliphatic rings. The normalized spacial score (nSPS) is 12.1. The van der Waals surface area contributed by atoms with E-state index in [2.05, 4.69) is 119 Å². The van der Waals surface area contributed by atoms with Crippen LogP contribution in [0.15, 0.2) is 102 Å². The van der Waals surface area contributed by atoms with Gasteiger partial charge < -0.3 is 9.46 Å². The van der Waals surface area contributed by atoms with Crippen molar-refractivity contribution in [2.24, 2.45) is 0 Å². The molecule has 3 aromatic carbocycles. The summed E-state index contributed by atoms with van der Waals surface area (Å²) in [6.07, 6.45) is -3.94. The second kappa shape index (κ2) is 10.6. The topological polar surface area (TPSA) is 40.1 Å². The van der Waals surface area contributed by atoms with E-state index >= 15 is 0 Å². The Balaban J connectivity index is 0.000000500. The molecule has 0 amide bonds. The summed E-state index contributed by atoms with van der Waals surface area (Å²) >= 11 is 15.0. The Morgan fingerprint density at radius 3 is 1.25 bits per heavy atom. The highest BCUT2D eigenvalue weighted by Gasteiger charge is 2.43. The fourth-order valence-electron chi connectivity index (χ4n) is 2.93. The van der Waals surface area contributed by atoms with E-state index in [1.54, 1.807) is 0 Å². The van der Waals surface area contributed by atoms with Crippen molar-refractivity contribution in [1.82, 2.24) is 0 Å². The van der Waals surface area contributed by atoms with Crippen LogP contribution in [0.4, 0.5) is 0 Å². The van der Waals surface area contributed by atoms with Gasteiger partial charge in [-0.2, -0.15) is 0 Å². The molecule has 3 aromatic rings. The molecule has 7 heteroatoms. The van der Waals surface area contributed by atoms with Gasteiger partial charge in [0, 0.05) is 0 Å². The Morgan fingerprint density at radius 1 is 0.786 bits per heavy atom. The zero-order valence-corrected chi connectivity index (χ0v) is 19.1. The first-order valence-corrected chi connectivity index (χ1v) is 14.0. The smallest absolute Gasteiger partial charge is 0.186 e. The van der Waals surface area contributed by atoms with Crippen LogP contribution < -0.4 is 20.8 Å². The average molecular weight is 472 g/mol. The van der Waals surface area contributed by atoms with Crippen molar-refractivity contribution in [3.05, 3.63) is 102 Å². The summed E-state index contributed by atoms with van der Waals surface area (Å²) in [7, 11) is -1.90. The Kier molecular flexibility index (Phi) is 8.78. The van der Waals surface area contributed by atoms with Gasteiger partial charge in [-0.25, -0.2) is 0 Å². The SMILES string of the molecule is C/C(Cl)=C\[P+](c1ccccc1)(c1ccccc1)c1ccccc1.O=P([O-])(Cl)Cl. The lowest BCUT2D eigenvalue weighted by molar-refractivity contribution is -0.162. The largest absolute Gasteiger partial charge is 0.776 e. The van der Waals surface area contributed by atoms with Crippen LogP contribution in [0.2, 0.25) is 0 Å². The van der Waals surface area contributed by atoms with Gasteiger partial charge in [0.25, 0.3) is 0 Å². The van der Waals surface area contributed by atoms with E-state index in [-0.39, 0.29) is 0 Å². The lowest BCUT2D eigenvalue weighted by atomic mass is 10.4. The number of hydrogen-bond donors (Lipinski definition) is 0. The van der Waals surface area contributed by atoms with Crippen molar-refractivity contribution in [2.75, 3.05) is 0 Å². The van der Waals surface area contributed by atoms with Gasteiger partial charge in [-0.3, -0.25) is 0 Å². The molecule has 0 N–H and O–H groups in total. The maximum absolute atomic E-state index is 9.19. The quantitative estimate of drug-likeness (QED) is 0.437. The zero-order valence-electron chi connectivity index (χ0n) is 15.1. The van der Waals surface area contributed by atoms with E-state index in [0.29, 0.717) is 0 Å². The fraction of sp³-hybridized carbons (Fsp3) is 0.0476. The fourth-order valence-corrected chi connectivity index (χ4v) is 7.17. The second-order valence-corrected chi connectivity index (χ2v) is 13.7. The van der Waals surface area contributed by atoms with Gasteiger partial charge in [0.1, 0.15) is 23.2 Å². The molecule has 0 heterocycles. The van der Waals surface area contributed by atoms with Crippen molar-refractivity contribution in [3.63, 3.8) is 0 Å². The van der Waals surface area contributed by atoms with Crippen LogP contribution >= 0.6 is 47.4 Å². The van der Waals surface area contributed by atoms with Gasteiger partial charge in [0.05, 0.1) is 10.8 Å². The Bertz CT molecular complexity index is 834. The summed E-state index contributed by atoms with van der Waals surface area (Å²) in [6, 6.07) is 32.1. The summed E-state index contributed by atoms with van der Waals surface area (Å²) in [5.41, 5.74) is 0. The molecule has 0 aliphatic heterocycles. The standard InChI is InChI=1S/C21H19ClP.Cl2HO2P/c1-18(22)17-23(19-11-5-2-6-12-19,20-13-7-3-8-14-20)21-15-9-4-10-16-21;1-5(2,3)4/h2-17H,1H3;(H,3,4)/q+1;/p-1/b18-17+;. The second-order valence-electron chi connectivity index (χ2n) is 5.86. The first kappa shape index (κ1) is 23.2. The lowest BCUT2D eigenvalue weighted by Gasteiger charge is -2.24. The minimum atomic E-state index is -3.94. The summed E-state index contributed by atoms with van der Waals surface area (Å²) in [5, 5.41) is 4.78. The third kappa shape index (κ3) is 6.75. The summed E-state index contributed by atoms with van der Waals surface area (Å²) in [4.78, 5) is 9.19. The summed E-state index contributed by atoms with van der Waals surface area (Å²) in [5.74, 6) is 2.26. The van der Waals surface area contributed by atoms with Gasteiger partial charge in [0.15, 0.2) is 6.07 Å². The predicted octanol–water partition coefficient (Wildman–Crippen LogP) is 6.01. The molecule has 0 aliphatic carbocycles. The highest BCUT2D eigenvalue weighted by Crippen LogP contribution is 2.57. The van der Waals surface area contributed by atoms with E-state index in [9.17, 15) is 9.46 Å². The van der Waals surface area contributed by atoms with E-state index in [4.69, 9.17) is 11.6 Å². The van der Waals surface area contributed by atoms with Crippen molar-refractivity contribution >= 4 is 63.3 Å². The van der Waals surface area contributed by atoms with E-state index in [1.165, 1.54) is 15.9 Å². The maximum Gasteiger partial charge on any atom is 0.186 e. The first-order valence-electron chi connectivity index (χ1n) is 8.34. The molecule has 0 radical (unpaired) electrons. The molecule has 0 aromatic heterocycles. The van der Waals surface area contributed by atoms with Crippen LogP contribution in [0.3, 0.4) is 0 Å². The third-order valence-electron chi connectivity index (χ3n) is 3.86. The van der Waals surface area contributed by atoms with Crippen LogP contribution in [-0.2, 0) is 4.57 Å². The van der Waals surface area contributed by atoms with Crippen molar-refractivity contribution in [1.29, 1.82) is 0 Å². The number of hydrogen-bond acceptors (Lipinski definition) is 2. The lowest BCUT2D eigenvalue weighted by Crippen LogP contribution is -2.29. The van der Waals surface area contributed by atoms with E-state index in [1.807, 2.05) is 6.92 Å². The van der Waals surface area contributed by atoms with Gasteiger partial charge in [0.2, 0.25) is 0 Å². The minimum Gasteiger partial charge on any atom is -0.776 e. The Hall–Kier alpha value is -1.11. The average Bonchev–Trinajstić information content (AvgIpc) is 2.67. The molecule has 0 saturated heterocycles. The third-order valence-corrected chi connectivity index (χ3v) is 8.24. The molecule has 0 saturated carbocycles. The number of rotatable bonds is 4. The van der Waals surface area contributed by atoms with E-state index in [0.717, 1.165) is 5.03 Å². The first-order chi connectivity index (χ1) is 13.2. The molecular formula is C21H19Cl3O2P2. The van der Waals surface area contributed by atoms with Crippen LogP contribution in [0.1, 0.15) is 6.92 Å². The number of benzene rings is 3. The van der Waals surface area contributed by atoms with Gasteiger partial charge in [-0.15, -0.1) is 0 Å². The molecule has 28 heavy (non-hydrogen) atoms. The monoisotopic (exact) mass is 470 g/mol. The van der Waals surface area contributed by atoms with Crippen LogP contribution in [0, 0.1) is 0 Å². The molecule has 0 spiro atoms. The van der Waals surface area contributed by atoms with E-state index < -0.39 is 13.3 Å². The van der Waals surface area contributed by atoms with Crippen LogP contribution in [0.25, 0.3) is 0 Å². The highest BCUT2D eigenvalue weighted by molar-refractivity contribution is 8.03. The number of allylic oxidation sites excluding steroid dienone is 1. The van der Waals surface area contributed by atoms with Crippen molar-refractivity contribution < 1.29 is 9.46 Å². The van der Waals surface area contributed by atoms with Gasteiger partial charge >= 0.3 is 0 Å². The van der Waals surface area contributed by atoms with Gasteiger partial charge in [-0.05, 0) is 43.3 Å². The highest BCUT2D eigenvalue weighted by atomic mass is 35.9. The molecule has 0 fully saturated rings. The summed E-state index contributed by atoms with van der Waals surface area (Å²) in [6.45, 7) is 1.96. The molecule has 0 atom stereocenters. The predicted molar refractivity (Wildman–Crippen MR) is 124 cm³/mol.